The number of hydrogen-bond acceptors (Lipinski definition) is 3. The number of ether oxygens (including phenoxy) is 1. The van der Waals surface area contributed by atoms with Crippen molar-refractivity contribution in [2.75, 3.05) is 7.11 Å². The number of rotatable bonds is 8. The van der Waals surface area contributed by atoms with Gasteiger partial charge < -0.3 is 14.7 Å². The van der Waals surface area contributed by atoms with E-state index in [2.05, 4.69) is 0 Å². The molecule has 0 fully saturated rings. The number of aliphatic carboxylic acids is 1. The average molecular weight is 458 g/mol. The summed E-state index contributed by atoms with van der Waals surface area (Å²) in [6, 6.07) is 19.8. The van der Waals surface area contributed by atoms with Crippen molar-refractivity contribution in [3.63, 3.8) is 0 Å². The molecule has 160 valence electrons. The molecular formula is C24H21Cl2NO4. The van der Waals surface area contributed by atoms with E-state index in [1.165, 1.54) is 17.0 Å². The number of amides is 1. The van der Waals surface area contributed by atoms with E-state index in [9.17, 15) is 14.7 Å². The van der Waals surface area contributed by atoms with Crippen LogP contribution in [0, 0.1) is 0 Å². The quantitative estimate of drug-likeness (QED) is 0.495. The molecule has 0 aromatic heterocycles. The second-order valence-corrected chi connectivity index (χ2v) is 7.80. The largest absolute Gasteiger partial charge is 0.497 e. The van der Waals surface area contributed by atoms with Crippen LogP contribution in [0.1, 0.15) is 21.5 Å². The summed E-state index contributed by atoms with van der Waals surface area (Å²) < 4.78 is 5.26. The second kappa shape index (κ2) is 10.3. The maximum atomic E-state index is 13.5. The Bertz CT molecular complexity index is 1070. The summed E-state index contributed by atoms with van der Waals surface area (Å²) in [6.07, 6.45) is 0.150. The van der Waals surface area contributed by atoms with Crippen molar-refractivity contribution in [2.24, 2.45) is 0 Å². The molecule has 1 N–H and O–H groups in total. The Morgan fingerprint density at radius 2 is 1.68 bits per heavy atom. The lowest BCUT2D eigenvalue weighted by Crippen LogP contribution is -2.46. The molecule has 0 aliphatic heterocycles. The summed E-state index contributed by atoms with van der Waals surface area (Å²) in [5.41, 5.74) is 1.73. The van der Waals surface area contributed by atoms with E-state index in [4.69, 9.17) is 27.9 Å². The highest BCUT2D eigenvalue weighted by atomic mass is 35.5. The van der Waals surface area contributed by atoms with Crippen molar-refractivity contribution in [1.82, 2.24) is 4.90 Å². The fourth-order valence-corrected chi connectivity index (χ4v) is 3.77. The normalized spacial score (nSPS) is 11.6. The molecule has 3 aromatic carbocycles. The first kappa shape index (κ1) is 22.7. The van der Waals surface area contributed by atoms with E-state index in [1.807, 2.05) is 36.4 Å². The standard InChI is InChI=1S/C24H21Cl2NO4/c1-31-19-9-5-8-17(12-19)15-27(23(28)20-11-10-18(25)14-21(20)26)22(24(29)30)13-16-6-3-2-4-7-16/h2-12,14,22H,13,15H2,1H3,(H,29,30)/t22-/m0/s1. The Hall–Kier alpha value is -3.02. The Labute approximate surface area is 190 Å². The van der Waals surface area contributed by atoms with Gasteiger partial charge in [0.15, 0.2) is 0 Å². The van der Waals surface area contributed by atoms with E-state index in [0.29, 0.717) is 10.8 Å². The Kier molecular flexibility index (Phi) is 7.55. The van der Waals surface area contributed by atoms with Gasteiger partial charge in [-0.15, -0.1) is 0 Å². The molecular weight excluding hydrogens is 437 g/mol. The van der Waals surface area contributed by atoms with Gasteiger partial charge in [-0.25, -0.2) is 4.79 Å². The molecule has 0 heterocycles. The number of carbonyl (C=O) groups excluding carboxylic acids is 1. The summed E-state index contributed by atoms with van der Waals surface area (Å²) in [7, 11) is 1.55. The minimum atomic E-state index is -1.11. The third-order valence-corrected chi connectivity index (χ3v) is 5.39. The van der Waals surface area contributed by atoms with Crippen LogP contribution in [-0.4, -0.2) is 35.0 Å². The maximum Gasteiger partial charge on any atom is 0.326 e. The average Bonchev–Trinajstić information content (AvgIpc) is 2.76. The minimum absolute atomic E-state index is 0.0682. The number of methoxy groups -OCH3 is 1. The predicted octanol–water partition coefficient (Wildman–Crippen LogP) is 5.34. The Balaban J connectivity index is 2.02. The van der Waals surface area contributed by atoms with Crippen molar-refractivity contribution in [3.8, 4) is 5.75 Å². The zero-order valence-electron chi connectivity index (χ0n) is 16.8. The molecule has 0 saturated heterocycles. The van der Waals surface area contributed by atoms with Gasteiger partial charge in [-0.05, 0) is 41.5 Å². The SMILES string of the molecule is COc1cccc(CN(C(=O)c2ccc(Cl)cc2Cl)[C@@H](Cc2ccccc2)C(=O)O)c1. The van der Waals surface area contributed by atoms with Gasteiger partial charge in [0, 0.05) is 18.0 Å². The van der Waals surface area contributed by atoms with Gasteiger partial charge in [0.25, 0.3) is 5.91 Å². The fourth-order valence-electron chi connectivity index (χ4n) is 3.28. The lowest BCUT2D eigenvalue weighted by atomic mass is 10.0. The van der Waals surface area contributed by atoms with Gasteiger partial charge in [-0.3, -0.25) is 4.79 Å². The van der Waals surface area contributed by atoms with Crippen molar-refractivity contribution in [3.05, 3.63) is 99.5 Å². The molecule has 7 heteroatoms. The number of carbonyl (C=O) groups is 2. The molecule has 1 atom stereocenters. The highest BCUT2D eigenvalue weighted by molar-refractivity contribution is 6.36. The number of hydrogen-bond donors (Lipinski definition) is 1. The molecule has 31 heavy (non-hydrogen) atoms. The Morgan fingerprint density at radius 1 is 0.968 bits per heavy atom. The van der Waals surface area contributed by atoms with Crippen LogP contribution in [0.3, 0.4) is 0 Å². The molecule has 0 aliphatic rings. The van der Waals surface area contributed by atoms with Crippen molar-refractivity contribution in [2.45, 2.75) is 19.0 Å². The first-order chi connectivity index (χ1) is 14.9. The van der Waals surface area contributed by atoms with Crippen LogP contribution >= 0.6 is 23.2 Å². The molecule has 0 aliphatic carbocycles. The minimum Gasteiger partial charge on any atom is -0.497 e. The molecule has 0 unspecified atom stereocenters. The topological polar surface area (TPSA) is 66.8 Å². The van der Waals surface area contributed by atoms with Crippen LogP contribution < -0.4 is 4.74 Å². The van der Waals surface area contributed by atoms with E-state index >= 15 is 0 Å². The molecule has 0 radical (unpaired) electrons. The summed E-state index contributed by atoms with van der Waals surface area (Å²) in [6.45, 7) is 0.0682. The molecule has 3 aromatic rings. The van der Waals surface area contributed by atoms with Crippen molar-refractivity contribution >= 4 is 35.1 Å². The predicted molar refractivity (Wildman–Crippen MR) is 121 cm³/mol. The third kappa shape index (κ3) is 5.78. The van der Waals surface area contributed by atoms with Crippen LogP contribution in [0.2, 0.25) is 10.0 Å². The molecule has 1 amide bonds. The van der Waals surface area contributed by atoms with Crippen LogP contribution in [0.5, 0.6) is 5.75 Å². The van der Waals surface area contributed by atoms with E-state index in [0.717, 1.165) is 11.1 Å². The maximum absolute atomic E-state index is 13.5. The fraction of sp³-hybridized carbons (Fsp3) is 0.167. The number of carboxylic acid groups (broad SMARTS) is 1. The number of carboxylic acids is 1. The van der Waals surface area contributed by atoms with Gasteiger partial charge in [0.05, 0.1) is 17.7 Å². The number of halogens is 2. The lowest BCUT2D eigenvalue weighted by Gasteiger charge is -2.30. The van der Waals surface area contributed by atoms with Crippen LogP contribution in [0.25, 0.3) is 0 Å². The first-order valence-corrected chi connectivity index (χ1v) is 10.3. The smallest absolute Gasteiger partial charge is 0.326 e. The van der Waals surface area contributed by atoms with Crippen molar-refractivity contribution < 1.29 is 19.4 Å². The Morgan fingerprint density at radius 3 is 2.32 bits per heavy atom. The zero-order chi connectivity index (χ0) is 22.4. The first-order valence-electron chi connectivity index (χ1n) is 9.54. The van der Waals surface area contributed by atoms with Crippen LogP contribution in [0.4, 0.5) is 0 Å². The molecule has 0 bridgehead atoms. The van der Waals surface area contributed by atoms with E-state index in [-0.39, 0.29) is 23.6 Å². The lowest BCUT2D eigenvalue weighted by molar-refractivity contribution is -0.142. The summed E-state index contributed by atoms with van der Waals surface area (Å²) >= 11 is 12.2. The van der Waals surface area contributed by atoms with Crippen LogP contribution in [-0.2, 0) is 17.8 Å². The van der Waals surface area contributed by atoms with Gasteiger partial charge in [0.1, 0.15) is 11.8 Å². The van der Waals surface area contributed by atoms with Gasteiger partial charge >= 0.3 is 5.97 Å². The highest BCUT2D eigenvalue weighted by Gasteiger charge is 2.31. The zero-order valence-corrected chi connectivity index (χ0v) is 18.3. The summed E-state index contributed by atoms with van der Waals surface area (Å²) in [4.78, 5) is 27.1. The molecule has 0 saturated carbocycles. The molecule has 0 spiro atoms. The van der Waals surface area contributed by atoms with E-state index < -0.39 is 17.9 Å². The molecule has 5 nitrogen and oxygen atoms in total. The van der Waals surface area contributed by atoms with Crippen LogP contribution in [0.15, 0.2) is 72.8 Å². The van der Waals surface area contributed by atoms with Gasteiger partial charge in [-0.1, -0.05) is 65.7 Å². The summed E-state index contributed by atoms with van der Waals surface area (Å²) in [5, 5.41) is 10.6. The third-order valence-electron chi connectivity index (χ3n) is 4.84. The number of benzene rings is 3. The highest BCUT2D eigenvalue weighted by Crippen LogP contribution is 2.25. The van der Waals surface area contributed by atoms with Gasteiger partial charge in [0.2, 0.25) is 0 Å². The molecule has 3 rings (SSSR count). The van der Waals surface area contributed by atoms with Crippen molar-refractivity contribution in [1.29, 1.82) is 0 Å². The van der Waals surface area contributed by atoms with Gasteiger partial charge in [-0.2, -0.15) is 0 Å². The summed E-state index contributed by atoms with van der Waals surface area (Å²) in [5.74, 6) is -0.984. The number of nitrogens with zero attached hydrogens (tertiary/aromatic N) is 1. The monoisotopic (exact) mass is 457 g/mol. The van der Waals surface area contributed by atoms with E-state index in [1.54, 1.807) is 31.4 Å². The second-order valence-electron chi connectivity index (χ2n) is 6.95.